The Morgan fingerprint density at radius 3 is 2.69 bits per heavy atom. The minimum atomic E-state index is -0.444. The van der Waals surface area contributed by atoms with E-state index < -0.39 is 5.91 Å². The highest BCUT2D eigenvalue weighted by Gasteiger charge is 2.19. The van der Waals surface area contributed by atoms with E-state index in [-0.39, 0.29) is 23.0 Å². The second kappa shape index (κ2) is 8.19. The standard InChI is InChI=1S/C19H16ClN5O4/c20-15-7-12(8-16-18(15)29-6-5-28-16)19(27)22-9-17(26)24-13-1-3-14(4-2-13)25-11-21-10-23-25/h1-4,7-8,10-11H,5-6,9H2,(H,22,27)(H,24,26). The molecular formula is C19H16ClN5O4. The summed E-state index contributed by atoms with van der Waals surface area (Å²) in [4.78, 5) is 28.4. The van der Waals surface area contributed by atoms with Crippen molar-refractivity contribution in [3.63, 3.8) is 0 Å². The van der Waals surface area contributed by atoms with Crippen molar-refractivity contribution in [2.75, 3.05) is 25.1 Å². The van der Waals surface area contributed by atoms with Gasteiger partial charge in [0.25, 0.3) is 5.91 Å². The molecule has 4 rings (SSSR count). The lowest BCUT2D eigenvalue weighted by atomic mass is 10.1. The number of nitrogens with zero attached hydrogens (tertiary/aromatic N) is 3. The van der Waals surface area contributed by atoms with Gasteiger partial charge in [-0.3, -0.25) is 9.59 Å². The highest BCUT2D eigenvalue weighted by Crippen LogP contribution is 2.38. The molecule has 0 saturated carbocycles. The average molecular weight is 414 g/mol. The minimum absolute atomic E-state index is 0.199. The van der Waals surface area contributed by atoms with E-state index in [1.807, 2.05) is 0 Å². The van der Waals surface area contributed by atoms with Crippen LogP contribution in [0.1, 0.15) is 10.4 Å². The van der Waals surface area contributed by atoms with Crippen molar-refractivity contribution in [3.8, 4) is 17.2 Å². The van der Waals surface area contributed by atoms with Crippen LogP contribution in [-0.2, 0) is 4.79 Å². The Morgan fingerprint density at radius 1 is 1.14 bits per heavy atom. The van der Waals surface area contributed by atoms with E-state index in [9.17, 15) is 9.59 Å². The summed E-state index contributed by atoms with van der Waals surface area (Å²) in [6, 6.07) is 10.1. The molecule has 0 unspecified atom stereocenters. The normalized spacial score (nSPS) is 12.3. The Labute approximate surface area is 170 Å². The summed E-state index contributed by atoms with van der Waals surface area (Å²) in [5.74, 6) is 0.0171. The van der Waals surface area contributed by atoms with E-state index >= 15 is 0 Å². The quantitative estimate of drug-likeness (QED) is 0.663. The van der Waals surface area contributed by atoms with Gasteiger partial charge in [-0.15, -0.1) is 0 Å². The van der Waals surface area contributed by atoms with Gasteiger partial charge in [0.15, 0.2) is 11.5 Å². The van der Waals surface area contributed by atoms with Gasteiger partial charge in [-0.05, 0) is 36.4 Å². The molecule has 2 heterocycles. The number of benzene rings is 2. The lowest BCUT2D eigenvalue weighted by molar-refractivity contribution is -0.115. The van der Waals surface area contributed by atoms with Crippen molar-refractivity contribution in [1.29, 1.82) is 0 Å². The molecule has 0 aliphatic carbocycles. The number of halogens is 1. The number of carbonyl (C=O) groups is 2. The van der Waals surface area contributed by atoms with Gasteiger partial charge in [0.1, 0.15) is 25.9 Å². The first-order valence-corrected chi connectivity index (χ1v) is 9.10. The first kappa shape index (κ1) is 18.8. The first-order chi connectivity index (χ1) is 14.1. The van der Waals surface area contributed by atoms with Crippen molar-refractivity contribution in [2.45, 2.75) is 0 Å². The zero-order valence-corrected chi connectivity index (χ0v) is 15.8. The molecule has 2 aromatic carbocycles. The van der Waals surface area contributed by atoms with Crippen LogP contribution in [0.15, 0.2) is 49.1 Å². The first-order valence-electron chi connectivity index (χ1n) is 8.72. The molecule has 1 aliphatic rings. The number of carbonyl (C=O) groups excluding carboxylic acids is 2. The lowest BCUT2D eigenvalue weighted by Crippen LogP contribution is -2.33. The van der Waals surface area contributed by atoms with Gasteiger partial charge in [-0.2, -0.15) is 5.10 Å². The van der Waals surface area contributed by atoms with Crippen LogP contribution in [0, 0.1) is 0 Å². The molecule has 1 aromatic heterocycles. The molecule has 0 saturated heterocycles. The highest BCUT2D eigenvalue weighted by molar-refractivity contribution is 6.32. The van der Waals surface area contributed by atoms with E-state index in [4.69, 9.17) is 21.1 Å². The number of amides is 2. The fourth-order valence-electron chi connectivity index (χ4n) is 2.75. The molecule has 9 nitrogen and oxygen atoms in total. The second-order valence-corrected chi connectivity index (χ2v) is 6.51. The molecule has 0 fully saturated rings. The highest BCUT2D eigenvalue weighted by atomic mass is 35.5. The van der Waals surface area contributed by atoms with E-state index in [1.165, 1.54) is 18.5 Å². The molecule has 2 amide bonds. The van der Waals surface area contributed by atoms with Gasteiger partial charge in [-0.1, -0.05) is 11.6 Å². The zero-order valence-electron chi connectivity index (χ0n) is 15.1. The number of anilines is 1. The third-order valence-electron chi connectivity index (χ3n) is 4.10. The van der Waals surface area contributed by atoms with E-state index in [2.05, 4.69) is 20.7 Å². The summed E-state index contributed by atoms with van der Waals surface area (Å²) in [6.45, 7) is 0.584. The Bertz CT molecular complexity index is 1040. The number of aromatic nitrogens is 3. The van der Waals surface area contributed by atoms with Gasteiger partial charge < -0.3 is 20.1 Å². The van der Waals surface area contributed by atoms with E-state index in [0.29, 0.717) is 30.4 Å². The molecule has 3 aromatic rings. The molecule has 29 heavy (non-hydrogen) atoms. The fraction of sp³-hybridized carbons (Fsp3) is 0.158. The second-order valence-electron chi connectivity index (χ2n) is 6.10. The molecule has 0 bridgehead atoms. The Morgan fingerprint density at radius 2 is 1.93 bits per heavy atom. The maximum atomic E-state index is 12.4. The predicted molar refractivity (Wildman–Crippen MR) is 105 cm³/mol. The monoisotopic (exact) mass is 413 g/mol. The van der Waals surface area contributed by atoms with Crippen LogP contribution in [-0.4, -0.2) is 46.3 Å². The maximum absolute atomic E-state index is 12.4. The number of ether oxygens (including phenoxy) is 2. The third kappa shape index (κ3) is 4.30. The van der Waals surface area contributed by atoms with Crippen LogP contribution in [0.3, 0.4) is 0 Å². The van der Waals surface area contributed by atoms with Crippen molar-refractivity contribution in [2.24, 2.45) is 0 Å². The van der Waals surface area contributed by atoms with Crippen LogP contribution < -0.4 is 20.1 Å². The number of hydrogen-bond acceptors (Lipinski definition) is 6. The molecular weight excluding hydrogens is 398 g/mol. The van der Waals surface area contributed by atoms with Crippen LogP contribution in [0.5, 0.6) is 11.5 Å². The van der Waals surface area contributed by atoms with Crippen LogP contribution in [0.25, 0.3) is 5.69 Å². The summed E-state index contributed by atoms with van der Waals surface area (Å²) in [7, 11) is 0. The number of hydrogen-bond donors (Lipinski definition) is 2. The summed E-state index contributed by atoms with van der Waals surface area (Å²) < 4.78 is 12.5. The molecule has 1 aliphatic heterocycles. The van der Waals surface area contributed by atoms with Gasteiger partial charge in [-0.25, -0.2) is 9.67 Å². The summed E-state index contributed by atoms with van der Waals surface area (Å²) in [6.07, 6.45) is 3.01. The summed E-state index contributed by atoms with van der Waals surface area (Å²) >= 11 is 6.14. The SMILES string of the molecule is O=C(CNC(=O)c1cc(Cl)c2c(c1)OCCO2)Nc1ccc(-n2cncn2)cc1. The van der Waals surface area contributed by atoms with Gasteiger partial charge in [0.05, 0.1) is 17.3 Å². The molecule has 0 radical (unpaired) electrons. The third-order valence-corrected chi connectivity index (χ3v) is 4.38. The fourth-order valence-corrected chi connectivity index (χ4v) is 3.01. The number of fused-ring (bicyclic) bond motifs is 1. The van der Waals surface area contributed by atoms with Crippen LogP contribution in [0.4, 0.5) is 5.69 Å². The Balaban J connectivity index is 1.33. The van der Waals surface area contributed by atoms with Gasteiger partial charge in [0, 0.05) is 11.3 Å². The topological polar surface area (TPSA) is 107 Å². The Hall–Kier alpha value is -3.59. The predicted octanol–water partition coefficient (Wildman–Crippen LogP) is 2.06. The zero-order chi connectivity index (χ0) is 20.2. The van der Waals surface area contributed by atoms with E-state index in [1.54, 1.807) is 35.3 Å². The average Bonchev–Trinajstić information content (AvgIpc) is 3.27. The molecule has 0 atom stereocenters. The van der Waals surface area contributed by atoms with Crippen LogP contribution in [0.2, 0.25) is 5.02 Å². The summed E-state index contributed by atoms with van der Waals surface area (Å²) in [5.41, 5.74) is 1.68. The molecule has 0 spiro atoms. The minimum Gasteiger partial charge on any atom is -0.486 e. The van der Waals surface area contributed by atoms with Crippen LogP contribution >= 0.6 is 11.6 Å². The van der Waals surface area contributed by atoms with Crippen molar-refractivity contribution in [1.82, 2.24) is 20.1 Å². The molecule has 2 N–H and O–H groups in total. The number of nitrogens with one attached hydrogen (secondary N) is 2. The maximum Gasteiger partial charge on any atom is 0.251 e. The van der Waals surface area contributed by atoms with Crippen molar-refractivity contribution < 1.29 is 19.1 Å². The summed E-state index contributed by atoms with van der Waals surface area (Å²) in [5, 5.41) is 9.59. The van der Waals surface area contributed by atoms with Crippen molar-refractivity contribution >= 4 is 29.1 Å². The number of rotatable bonds is 5. The lowest BCUT2D eigenvalue weighted by Gasteiger charge is -2.20. The smallest absolute Gasteiger partial charge is 0.251 e. The Kier molecular flexibility index (Phi) is 5.30. The molecule has 148 valence electrons. The van der Waals surface area contributed by atoms with Gasteiger partial charge in [0.2, 0.25) is 5.91 Å². The molecule has 10 heteroatoms. The van der Waals surface area contributed by atoms with Crippen molar-refractivity contribution in [3.05, 3.63) is 59.6 Å². The van der Waals surface area contributed by atoms with E-state index in [0.717, 1.165) is 5.69 Å². The van der Waals surface area contributed by atoms with Gasteiger partial charge >= 0.3 is 0 Å². The largest absolute Gasteiger partial charge is 0.486 e.